The van der Waals surface area contributed by atoms with Crippen molar-refractivity contribution in [2.75, 3.05) is 13.2 Å². The Bertz CT molecular complexity index is 1050. The molecule has 0 N–H and O–H groups in total. The van der Waals surface area contributed by atoms with Crippen molar-refractivity contribution in [3.8, 4) is 0 Å². The Balaban J connectivity index is 4.28. The van der Waals surface area contributed by atoms with Gasteiger partial charge in [-0.25, -0.2) is 0 Å². The molecule has 68 heavy (non-hydrogen) atoms. The minimum absolute atomic E-state index is 0.0630. The Morgan fingerprint density at radius 2 is 0.426 bits per heavy atom. The number of carbonyl (C=O) groups is 3. The molecule has 0 saturated carbocycles. The van der Waals surface area contributed by atoms with Crippen molar-refractivity contribution in [1.82, 2.24) is 0 Å². The lowest BCUT2D eigenvalue weighted by Gasteiger charge is -2.18. The van der Waals surface area contributed by atoms with E-state index in [-0.39, 0.29) is 31.1 Å². The minimum Gasteiger partial charge on any atom is -0.462 e. The molecule has 0 aromatic heterocycles. The van der Waals surface area contributed by atoms with Crippen molar-refractivity contribution >= 4 is 17.9 Å². The molecule has 6 heteroatoms. The van der Waals surface area contributed by atoms with Crippen LogP contribution in [0.5, 0.6) is 0 Å². The summed E-state index contributed by atoms with van der Waals surface area (Å²) >= 11 is 0. The molecule has 0 rings (SSSR count). The van der Waals surface area contributed by atoms with Crippen LogP contribution >= 0.6 is 0 Å². The van der Waals surface area contributed by atoms with Crippen LogP contribution in [0.15, 0.2) is 0 Å². The fourth-order valence-corrected chi connectivity index (χ4v) is 9.53. The van der Waals surface area contributed by atoms with Crippen LogP contribution in [0.4, 0.5) is 0 Å². The summed E-state index contributed by atoms with van der Waals surface area (Å²) in [6.45, 7) is 13.8. The van der Waals surface area contributed by atoms with E-state index in [1.165, 1.54) is 225 Å². The standard InChI is InChI=1S/C62H120O6/c1-56(2)48-42-36-30-24-18-13-9-7-8-10-15-21-27-33-39-45-51-60(63)66-54-59(68-62(65)53-47-41-35-29-23-17-20-26-32-38-44-50-58(5)6)55-67-61(64)52-46-40-34-28-22-16-12-11-14-19-25-31-37-43-49-57(3)4/h56-59H,7-55H2,1-6H3/t59-/m1/s1. The van der Waals surface area contributed by atoms with E-state index in [2.05, 4.69) is 41.5 Å². The topological polar surface area (TPSA) is 78.9 Å². The van der Waals surface area contributed by atoms with Crippen molar-refractivity contribution in [2.24, 2.45) is 17.8 Å². The van der Waals surface area contributed by atoms with E-state index in [0.717, 1.165) is 75.5 Å². The van der Waals surface area contributed by atoms with Gasteiger partial charge >= 0.3 is 17.9 Å². The summed E-state index contributed by atoms with van der Waals surface area (Å²) in [5.41, 5.74) is 0. The van der Waals surface area contributed by atoms with Crippen LogP contribution in [0.3, 0.4) is 0 Å². The maximum atomic E-state index is 12.9. The normalized spacial score (nSPS) is 12.1. The van der Waals surface area contributed by atoms with E-state index in [1.807, 2.05) is 0 Å². The Morgan fingerprint density at radius 3 is 0.632 bits per heavy atom. The number of carbonyl (C=O) groups excluding carboxylic acids is 3. The van der Waals surface area contributed by atoms with E-state index in [9.17, 15) is 14.4 Å². The molecule has 6 nitrogen and oxygen atoms in total. The lowest BCUT2D eigenvalue weighted by Crippen LogP contribution is -2.30. The second-order valence-electron chi connectivity index (χ2n) is 22.8. The number of rotatable bonds is 55. The summed E-state index contributed by atoms with van der Waals surface area (Å²) in [5.74, 6) is 1.68. The maximum absolute atomic E-state index is 12.9. The van der Waals surface area contributed by atoms with Crippen LogP contribution in [-0.2, 0) is 28.6 Å². The number of ether oxygens (including phenoxy) is 3. The lowest BCUT2D eigenvalue weighted by molar-refractivity contribution is -0.167. The van der Waals surface area contributed by atoms with Gasteiger partial charge in [-0.1, -0.05) is 305 Å². The molecule has 404 valence electrons. The predicted octanol–water partition coefficient (Wildman–Crippen LogP) is 20.3. The third-order valence-electron chi connectivity index (χ3n) is 14.1. The molecule has 0 bridgehead atoms. The molecule has 0 heterocycles. The van der Waals surface area contributed by atoms with Crippen LogP contribution in [0.25, 0.3) is 0 Å². The summed E-state index contributed by atoms with van der Waals surface area (Å²) in [6.07, 6.45) is 56.7. The number of esters is 3. The highest BCUT2D eigenvalue weighted by atomic mass is 16.6. The van der Waals surface area contributed by atoms with E-state index in [1.54, 1.807) is 0 Å². The first kappa shape index (κ1) is 66.4. The summed E-state index contributed by atoms with van der Waals surface area (Å²) in [7, 11) is 0. The average Bonchev–Trinajstić information content (AvgIpc) is 3.30. The van der Waals surface area contributed by atoms with Gasteiger partial charge < -0.3 is 14.2 Å². The summed E-state index contributed by atoms with van der Waals surface area (Å²) in [4.78, 5) is 38.2. The van der Waals surface area contributed by atoms with E-state index >= 15 is 0 Å². The molecule has 0 saturated heterocycles. The zero-order valence-corrected chi connectivity index (χ0v) is 46.9. The SMILES string of the molecule is CC(C)CCCCCCCCCCCCCCCCCCC(=O)OC[C@H](COC(=O)CCCCCCCCCCCCCCCCC(C)C)OC(=O)CCCCCCCCCCCCCC(C)C. The molecule has 0 aromatic carbocycles. The minimum atomic E-state index is -0.764. The molecule has 0 aliphatic heterocycles. The predicted molar refractivity (Wildman–Crippen MR) is 293 cm³/mol. The third kappa shape index (κ3) is 55.3. The van der Waals surface area contributed by atoms with E-state index in [4.69, 9.17) is 14.2 Å². The molecular weight excluding hydrogens is 841 g/mol. The van der Waals surface area contributed by atoms with Crippen LogP contribution in [0, 0.1) is 17.8 Å². The summed E-state index contributed by atoms with van der Waals surface area (Å²) in [5, 5.41) is 0. The van der Waals surface area contributed by atoms with Gasteiger partial charge in [0.05, 0.1) is 0 Å². The van der Waals surface area contributed by atoms with Crippen molar-refractivity contribution < 1.29 is 28.6 Å². The first-order valence-electron chi connectivity index (χ1n) is 30.6. The van der Waals surface area contributed by atoms with Crippen molar-refractivity contribution in [1.29, 1.82) is 0 Å². The second kappa shape index (κ2) is 53.2. The smallest absolute Gasteiger partial charge is 0.306 e. The van der Waals surface area contributed by atoms with Crippen molar-refractivity contribution in [3.05, 3.63) is 0 Å². The monoisotopic (exact) mass is 961 g/mol. The molecule has 0 aromatic rings. The highest BCUT2D eigenvalue weighted by molar-refractivity contribution is 5.71. The largest absolute Gasteiger partial charge is 0.462 e. The Labute approximate surface area is 425 Å². The fraction of sp³-hybridized carbons (Fsp3) is 0.952. The van der Waals surface area contributed by atoms with Gasteiger partial charge in [-0.05, 0) is 37.0 Å². The summed E-state index contributed by atoms with van der Waals surface area (Å²) in [6, 6.07) is 0. The number of unbranched alkanes of at least 4 members (excludes halogenated alkanes) is 38. The third-order valence-corrected chi connectivity index (χ3v) is 14.1. The van der Waals surface area contributed by atoms with E-state index < -0.39 is 6.10 Å². The zero-order valence-electron chi connectivity index (χ0n) is 46.9. The molecule has 0 fully saturated rings. The quantitative estimate of drug-likeness (QED) is 0.0343. The van der Waals surface area contributed by atoms with Gasteiger partial charge in [-0.3, -0.25) is 14.4 Å². The summed E-state index contributed by atoms with van der Waals surface area (Å²) < 4.78 is 16.9. The van der Waals surface area contributed by atoms with Crippen LogP contribution in [0.1, 0.15) is 343 Å². The van der Waals surface area contributed by atoms with Gasteiger partial charge in [0.25, 0.3) is 0 Å². The van der Waals surface area contributed by atoms with Gasteiger partial charge in [-0.15, -0.1) is 0 Å². The average molecular weight is 962 g/mol. The Kier molecular flexibility index (Phi) is 52.0. The van der Waals surface area contributed by atoms with Gasteiger partial charge in [-0.2, -0.15) is 0 Å². The van der Waals surface area contributed by atoms with Gasteiger partial charge in [0.2, 0.25) is 0 Å². The molecule has 1 atom stereocenters. The number of hydrogen-bond donors (Lipinski definition) is 0. The molecule has 0 radical (unpaired) electrons. The first-order chi connectivity index (χ1) is 33.1. The lowest BCUT2D eigenvalue weighted by atomic mass is 10.0. The Morgan fingerprint density at radius 1 is 0.250 bits per heavy atom. The molecule has 0 amide bonds. The van der Waals surface area contributed by atoms with Crippen LogP contribution < -0.4 is 0 Å². The molecule has 0 spiro atoms. The second-order valence-corrected chi connectivity index (χ2v) is 22.8. The van der Waals surface area contributed by atoms with Crippen molar-refractivity contribution in [2.45, 2.75) is 349 Å². The van der Waals surface area contributed by atoms with Crippen LogP contribution in [-0.4, -0.2) is 37.2 Å². The van der Waals surface area contributed by atoms with Gasteiger partial charge in [0, 0.05) is 19.3 Å². The van der Waals surface area contributed by atoms with Crippen molar-refractivity contribution in [3.63, 3.8) is 0 Å². The van der Waals surface area contributed by atoms with E-state index in [0.29, 0.717) is 19.3 Å². The number of hydrogen-bond acceptors (Lipinski definition) is 6. The highest BCUT2D eigenvalue weighted by Crippen LogP contribution is 2.19. The fourth-order valence-electron chi connectivity index (χ4n) is 9.53. The maximum Gasteiger partial charge on any atom is 0.306 e. The Hall–Kier alpha value is -1.59. The van der Waals surface area contributed by atoms with Gasteiger partial charge in [0.15, 0.2) is 6.10 Å². The highest BCUT2D eigenvalue weighted by Gasteiger charge is 2.19. The molecule has 0 aliphatic rings. The molecular formula is C62H120O6. The molecule has 0 unspecified atom stereocenters. The first-order valence-corrected chi connectivity index (χ1v) is 30.6. The van der Waals surface area contributed by atoms with Crippen LogP contribution in [0.2, 0.25) is 0 Å². The zero-order chi connectivity index (χ0) is 49.8. The molecule has 0 aliphatic carbocycles. The van der Waals surface area contributed by atoms with Gasteiger partial charge in [0.1, 0.15) is 13.2 Å².